The Morgan fingerprint density at radius 2 is 1.78 bits per heavy atom. The fourth-order valence-corrected chi connectivity index (χ4v) is 3.85. The van der Waals surface area contributed by atoms with E-state index in [0.717, 1.165) is 13.1 Å². The third-order valence-electron chi connectivity index (χ3n) is 5.42. The van der Waals surface area contributed by atoms with Gasteiger partial charge in [-0.05, 0) is 68.8 Å². The topological polar surface area (TPSA) is 29.1 Å². The van der Waals surface area contributed by atoms with Crippen LogP contribution in [0.3, 0.4) is 0 Å². The summed E-state index contributed by atoms with van der Waals surface area (Å²) in [7, 11) is 0. The SMILES string of the molecule is CC1(C2(C(=O)c3ccc(F)cc3)CCNCC2)C=CC(F)=CC1. The van der Waals surface area contributed by atoms with Crippen molar-refractivity contribution in [3.63, 3.8) is 0 Å². The number of ketones is 1. The lowest BCUT2D eigenvalue weighted by Crippen LogP contribution is -2.51. The van der Waals surface area contributed by atoms with Crippen molar-refractivity contribution < 1.29 is 13.6 Å². The maximum absolute atomic E-state index is 13.4. The van der Waals surface area contributed by atoms with E-state index in [1.165, 1.54) is 18.2 Å². The fraction of sp³-hybridized carbons (Fsp3) is 0.421. The van der Waals surface area contributed by atoms with Crippen molar-refractivity contribution in [3.8, 4) is 0 Å². The third-order valence-corrected chi connectivity index (χ3v) is 5.42. The molecule has 0 saturated carbocycles. The zero-order valence-electron chi connectivity index (χ0n) is 13.2. The summed E-state index contributed by atoms with van der Waals surface area (Å²) in [6.45, 7) is 3.53. The van der Waals surface area contributed by atoms with Crippen molar-refractivity contribution in [2.24, 2.45) is 10.8 Å². The highest BCUT2D eigenvalue weighted by atomic mass is 19.1. The molecular formula is C19H21F2NO. The molecule has 2 nitrogen and oxygen atoms in total. The van der Waals surface area contributed by atoms with Gasteiger partial charge in [0.15, 0.2) is 5.78 Å². The Labute approximate surface area is 135 Å². The minimum Gasteiger partial charge on any atom is -0.317 e. The number of benzene rings is 1. The largest absolute Gasteiger partial charge is 0.317 e. The summed E-state index contributed by atoms with van der Waals surface area (Å²) in [6, 6.07) is 5.74. The normalized spacial score (nSPS) is 26.7. The Morgan fingerprint density at radius 3 is 2.35 bits per heavy atom. The van der Waals surface area contributed by atoms with Crippen LogP contribution in [0.4, 0.5) is 8.78 Å². The summed E-state index contributed by atoms with van der Waals surface area (Å²) >= 11 is 0. The smallest absolute Gasteiger partial charge is 0.169 e. The average Bonchev–Trinajstić information content (AvgIpc) is 2.58. The van der Waals surface area contributed by atoms with Crippen LogP contribution in [-0.4, -0.2) is 18.9 Å². The third kappa shape index (κ3) is 2.76. The lowest BCUT2D eigenvalue weighted by molar-refractivity contribution is 0.0389. The highest BCUT2D eigenvalue weighted by Crippen LogP contribution is 2.53. The van der Waals surface area contributed by atoms with Crippen LogP contribution in [0.15, 0.2) is 48.3 Å². The molecule has 1 unspecified atom stereocenters. The Morgan fingerprint density at radius 1 is 1.13 bits per heavy atom. The van der Waals surface area contributed by atoms with E-state index in [4.69, 9.17) is 0 Å². The Hall–Kier alpha value is -1.81. The van der Waals surface area contributed by atoms with Crippen molar-refractivity contribution in [2.75, 3.05) is 13.1 Å². The van der Waals surface area contributed by atoms with Crippen molar-refractivity contribution in [1.29, 1.82) is 0 Å². The molecule has 3 rings (SSSR count). The lowest BCUT2D eigenvalue weighted by Gasteiger charge is -2.49. The van der Waals surface area contributed by atoms with Gasteiger partial charge in [0.05, 0.1) is 0 Å². The van der Waals surface area contributed by atoms with Crippen LogP contribution in [-0.2, 0) is 0 Å². The number of Topliss-reactive ketones (excluding diaryl/α,β-unsaturated/α-hetero) is 1. The van der Waals surface area contributed by atoms with Crippen LogP contribution < -0.4 is 5.32 Å². The molecule has 1 heterocycles. The minimum absolute atomic E-state index is 0.0295. The van der Waals surface area contributed by atoms with Crippen LogP contribution in [0.25, 0.3) is 0 Å². The van der Waals surface area contributed by atoms with E-state index in [-0.39, 0.29) is 17.4 Å². The van der Waals surface area contributed by atoms with Gasteiger partial charge in [-0.25, -0.2) is 8.78 Å². The molecule has 0 spiro atoms. The second kappa shape index (κ2) is 6.00. The molecular weight excluding hydrogens is 296 g/mol. The number of hydrogen-bond donors (Lipinski definition) is 1. The van der Waals surface area contributed by atoms with Gasteiger partial charge in [0.2, 0.25) is 0 Å². The second-order valence-electron chi connectivity index (χ2n) is 6.71. The number of nitrogens with one attached hydrogen (secondary N) is 1. The summed E-state index contributed by atoms with van der Waals surface area (Å²) in [6.07, 6.45) is 6.75. The molecule has 1 saturated heterocycles. The van der Waals surface area contributed by atoms with Crippen molar-refractivity contribution in [3.05, 3.63) is 59.7 Å². The summed E-state index contributed by atoms with van der Waals surface area (Å²) in [5.74, 6) is -0.572. The van der Waals surface area contributed by atoms with Gasteiger partial charge in [-0.3, -0.25) is 4.79 Å². The predicted octanol–water partition coefficient (Wildman–Crippen LogP) is 4.20. The highest BCUT2D eigenvalue weighted by Gasteiger charge is 2.52. The molecule has 23 heavy (non-hydrogen) atoms. The zero-order valence-corrected chi connectivity index (χ0v) is 13.2. The molecule has 4 heteroatoms. The molecule has 1 fully saturated rings. The van der Waals surface area contributed by atoms with E-state index in [1.807, 2.05) is 13.0 Å². The number of carbonyl (C=O) groups is 1. The Balaban J connectivity index is 2.02. The highest BCUT2D eigenvalue weighted by molar-refractivity contribution is 6.01. The monoisotopic (exact) mass is 317 g/mol. The first-order chi connectivity index (χ1) is 11.0. The van der Waals surface area contributed by atoms with Gasteiger partial charge in [-0.2, -0.15) is 0 Å². The second-order valence-corrected chi connectivity index (χ2v) is 6.71. The van der Waals surface area contributed by atoms with E-state index in [1.54, 1.807) is 18.2 Å². The van der Waals surface area contributed by atoms with Crippen LogP contribution in [0, 0.1) is 16.6 Å². The summed E-state index contributed by atoms with van der Waals surface area (Å²) in [5.41, 5.74) is -0.502. The lowest BCUT2D eigenvalue weighted by atomic mass is 9.54. The first kappa shape index (κ1) is 16.1. The maximum atomic E-state index is 13.4. The summed E-state index contributed by atoms with van der Waals surface area (Å²) in [5, 5.41) is 3.29. The molecule has 122 valence electrons. The molecule has 1 atom stereocenters. The van der Waals surface area contributed by atoms with Crippen molar-refractivity contribution in [2.45, 2.75) is 26.2 Å². The molecule has 1 aromatic carbocycles. The zero-order chi connectivity index (χ0) is 16.5. The number of rotatable bonds is 3. The molecule has 1 N–H and O–H groups in total. The van der Waals surface area contributed by atoms with Gasteiger partial charge in [0, 0.05) is 16.4 Å². The van der Waals surface area contributed by atoms with Gasteiger partial charge in [-0.1, -0.05) is 13.0 Å². The summed E-state index contributed by atoms with van der Waals surface area (Å²) in [4.78, 5) is 13.3. The van der Waals surface area contributed by atoms with E-state index >= 15 is 0 Å². The van der Waals surface area contributed by atoms with Gasteiger partial charge in [0.1, 0.15) is 11.6 Å². The molecule has 0 radical (unpaired) electrons. The van der Waals surface area contributed by atoms with Gasteiger partial charge in [-0.15, -0.1) is 0 Å². The quantitative estimate of drug-likeness (QED) is 0.847. The number of carbonyl (C=O) groups excluding carboxylic acids is 1. The van der Waals surface area contributed by atoms with Crippen LogP contribution in [0.5, 0.6) is 0 Å². The fourth-order valence-electron chi connectivity index (χ4n) is 3.85. The molecule has 1 aliphatic carbocycles. The average molecular weight is 317 g/mol. The van der Waals surface area contributed by atoms with Crippen LogP contribution in [0.1, 0.15) is 36.5 Å². The number of piperidine rings is 1. The van der Waals surface area contributed by atoms with Crippen molar-refractivity contribution in [1.82, 2.24) is 5.32 Å². The number of allylic oxidation sites excluding steroid dienone is 4. The standard InChI is InChI=1S/C19H21F2NO/c1-18(8-6-16(21)7-9-18)19(10-12-22-13-11-19)17(23)14-2-4-15(20)5-3-14/h2-8,22H,9-13H2,1H3. The van der Waals surface area contributed by atoms with E-state index < -0.39 is 10.8 Å². The first-order valence-corrected chi connectivity index (χ1v) is 8.03. The van der Waals surface area contributed by atoms with E-state index in [0.29, 0.717) is 24.8 Å². The number of hydrogen-bond acceptors (Lipinski definition) is 2. The predicted molar refractivity (Wildman–Crippen MR) is 86.3 cm³/mol. The minimum atomic E-state index is -0.593. The molecule has 0 aromatic heterocycles. The van der Waals surface area contributed by atoms with Crippen LogP contribution in [0.2, 0.25) is 0 Å². The molecule has 0 amide bonds. The van der Waals surface area contributed by atoms with Gasteiger partial charge in [0.25, 0.3) is 0 Å². The molecule has 1 aliphatic heterocycles. The Bertz CT molecular complexity index is 656. The van der Waals surface area contributed by atoms with Crippen LogP contribution >= 0.6 is 0 Å². The molecule has 1 aromatic rings. The van der Waals surface area contributed by atoms with E-state index in [9.17, 15) is 13.6 Å². The van der Waals surface area contributed by atoms with Gasteiger partial charge >= 0.3 is 0 Å². The van der Waals surface area contributed by atoms with Crippen molar-refractivity contribution >= 4 is 5.78 Å². The number of halogens is 2. The van der Waals surface area contributed by atoms with Gasteiger partial charge < -0.3 is 5.32 Å². The Kier molecular flexibility index (Phi) is 4.19. The summed E-state index contributed by atoms with van der Waals surface area (Å²) < 4.78 is 26.6. The maximum Gasteiger partial charge on any atom is 0.169 e. The first-order valence-electron chi connectivity index (χ1n) is 8.03. The molecule has 0 bridgehead atoms. The molecule has 2 aliphatic rings. The van der Waals surface area contributed by atoms with E-state index in [2.05, 4.69) is 5.32 Å².